The molecule has 0 saturated heterocycles. The molecule has 1 heterocycles. The van der Waals surface area contributed by atoms with Crippen LogP contribution in [0.1, 0.15) is 11.1 Å². The molecular weight excluding hydrogens is 296 g/mol. The summed E-state index contributed by atoms with van der Waals surface area (Å²) in [6.07, 6.45) is 0.555. The first kappa shape index (κ1) is 15.0. The molecule has 0 saturated carbocycles. The summed E-state index contributed by atoms with van der Waals surface area (Å²) in [4.78, 5) is 24.4. The number of carbonyl (C=O) groups is 1. The number of hydrogen-bond acceptors (Lipinski definition) is 5. The Labute approximate surface area is 133 Å². The quantitative estimate of drug-likeness (QED) is 0.495. The maximum atomic E-state index is 12.2. The molecule has 1 aliphatic rings. The number of non-ortho nitro benzene ring substituents is 1. The average Bonchev–Trinajstić information content (AvgIpc) is 2.60. The van der Waals surface area contributed by atoms with Crippen LogP contribution < -0.4 is 4.90 Å². The van der Waals surface area contributed by atoms with Crippen molar-refractivity contribution in [2.75, 3.05) is 12.0 Å². The third-order valence-electron chi connectivity index (χ3n) is 4.11. The molecule has 0 fully saturated rings. The van der Waals surface area contributed by atoms with Gasteiger partial charge >= 0.3 is 5.97 Å². The Bertz CT molecular complexity index is 743. The van der Waals surface area contributed by atoms with Gasteiger partial charge in [0, 0.05) is 30.8 Å². The van der Waals surface area contributed by atoms with Crippen LogP contribution in [0.5, 0.6) is 0 Å². The number of ether oxygens (including phenoxy) is 1. The van der Waals surface area contributed by atoms with Crippen molar-refractivity contribution in [3.8, 4) is 0 Å². The number of hydrogen-bond donors (Lipinski definition) is 0. The Morgan fingerprint density at radius 1 is 1.17 bits per heavy atom. The molecule has 23 heavy (non-hydrogen) atoms. The van der Waals surface area contributed by atoms with E-state index in [1.165, 1.54) is 19.2 Å². The first-order valence-electron chi connectivity index (χ1n) is 7.26. The highest BCUT2D eigenvalue weighted by molar-refractivity contribution is 5.81. The van der Waals surface area contributed by atoms with E-state index >= 15 is 0 Å². The second-order valence-corrected chi connectivity index (χ2v) is 5.41. The highest BCUT2D eigenvalue weighted by atomic mass is 16.6. The monoisotopic (exact) mass is 312 g/mol. The summed E-state index contributed by atoms with van der Waals surface area (Å²) in [7, 11) is 1.37. The summed E-state index contributed by atoms with van der Waals surface area (Å²) >= 11 is 0. The van der Waals surface area contributed by atoms with E-state index in [9.17, 15) is 14.9 Å². The molecule has 3 rings (SSSR count). The van der Waals surface area contributed by atoms with E-state index in [-0.39, 0.29) is 11.7 Å². The highest BCUT2D eigenvalue weighted by Gasteiger charge is 2.32. The van der Waals surface area contributed by atoms with Gasteiger partial charge in [0.25, 0.3) is 5.69 Å². The first-order valence-corrected chi connectivity index (χ1v) is 7.26. The molecule has 2 aromatic carbocycles. The van der Waals surface area contributed by atoms with Crippen molar-refractivity contribution in [1.82, 2.24) is 0 Å². The van der Waals surface area contributed by atoms with E-state index in [2.05, 4.69) is 0 Å². The molecule has 0 N–H and O–H groups in total. The summed E-state index contributed by atoms with van der Waals surface area (Å²) in [6.45, 7) is 0.563. The molecule has 2 aromatic rings. The predicted octanol–water partition coefficient (Wildman–Crippen LogP) is 2.70. The van der Waals surface area contributed by atoms with Gasteiger partial charge in [0.15, 0.2) is 0 Å². The van der Waals surface area contributed by atoms with Crippen molar-refractivity contribution < 1.29 is 14.5 Å². The maximum Gasteiger partial charge on any atom is 0.328 e. The fraction of sp³-hybridized carbons (Fsp3) is 0.235. The zero-order valence-electron chi connectivity index (χ0n) is 12.6. The van der Waals surface area contributed by atoms with Gasteiger partial charge in [-0.25, -0.2) is 4.79 Å². The molecule has 0 aromatic heterocycles. The van der Waals surface area contributed by atoms with E-state index in [1.54, 1.807) is 12.1 Å². The Morgan fingerprint density at radius 2 is 1.83 bits per heavy atom. The molecule has 0 amide bonds. The molecule has 0 bridgehead atoms. The number of rotatable bonds is 3. The van der Waals surface area contributed by atoms with Crippen LogP contribution in [-0.2, 0) is 22.5 Å². The molecule has 6 heteroatoms. The van der Waals surface area contributed by atoms with Crippen LogP contribution >= 0.6 is 0 Å². The normalized spacial score (nSPS) is 16.6. The number of nitro groups is 1. The fourth-order valence-electron chi connectivity index (χ4n) is 2.91. The second kappa shape index (κ2) is 6.08. The zero-order chi connectivity index (χ0) is 16.4. The van der Waals surface area contributed by atoms with Crippen LogP contribution in [0.15, 0.2) is 48.5 Å². The third kappa shape index (κ3) is 2.88. The van der Waals surface area contributed by atoms with E-state index in [0.717, 1.165) is 16.8 Å². The lowest BCUT2D eigenvalue weighted by Gasteiger charge is -2.36. The highest BCUT2D eigenvalue weighted by Crippen LogP contribution is 2.30. The van der Waals surface area contributed by atoms with Crippen LogP contribution in [-0.4, -0.2) is 24.0 Å². The van der Waals surface area contributed by atoms with E-state index in [4.69, 9.17) is 4.74 Å². The second-order valence-electron chi connectivity index (χ2n) is 5.41. The van der Waals surface area contributed by atoms with Crippen molar-refractivity contribution in [1.29, 1.82) is 0 Å². The Kier molecular flexibility index (Phi) is 3.97. The smallest absolute Gasteiger partial charge is 0.328 e. The zero-order valence-corrected chi connectivity index (χ0v) is 12.6. The van der Waals surface area contributed by atoms with Crippen LogP contribution in [0.25, 0.3) is 0 Å². The summed E-state index contributed by atoms with van der Waals surface area (Å²) in [6, 6.07) is 13.8. The maximum absolute atomic E-state index is 12.2. The largest absolute Gasteiger partial charge is 0.467 e. The topological polar surface area (TPSA) is 72.7 Å². The number of esters is 1. The van der Waals surface area contributed by atoms with Crippen LogP contribution in [0.2, 0.25) is 0 Å². The number of nitro benzene ring substituents is 1. The van der Waals surface area contributed by atoms with Crippen LogP contribution in [0.3, 0.4) is 0 Å². The van der Waals surface area contributed by atoms with Gasteiger partial charge in [0.2, 0.25) is 0 Å². The van der Waals surface area contributed by atoms with Gasteiger partial charge in [-0.2, -0.15) is 0 Å². The third-order valence-corrected chi connectivity index (χ3v) is 4.11. The SMILES string of the molecule is COC(=O)C1Cc2ccccc2CN1c1ccc([N+](=O)[O-])cc1. The minimum absolute atomic E-state index is 0.0285. The number of methoxy groups -OCH3 is 1. The van der Waals surface area contributed by atoms with Gasteiger partial charge in [-0.1, -0.05) is 24.3 Å². The molecule has 1 aliphatic heterocycles. The van der Waals surface area contributed by atoms with Crippen LogP contribution in [0.4, 0.5) is 11.4 Å². The van der Waals surface area contributed by atoms with Gasteiger partial charge in [-0.05, 0) is 23.3 Å². The lowest BCUT2D eigenvalue weighted by Crippen LogP contribution is -2.46. The van der Waals surface area contributed by atoms with Crippen molar-refractivity contribution >= 4 is 17.3 Å². The van der Waals surface area contributed by atoms with E-state index < -0.39 is 11.0 Å². The van der Waals surface area contributed by atoms with Crippen molar-refractivity contribution in [2.24, 2.45) is 0 Å². The number of nitrogens with zero attached hydrogens (tertiary/aromatic N) is 2. The van der Waals surface area contributed by atoms with Gasteiger partial charge in [0.1, 0.15) is 6.04 Å². The van der Waals surface area contributed by atoms with E-state index in [1.807, 2.05) is 29.2 Å². The molecule has 0 spiro atoms. The molecule has 6 nitrogen and oxygen atoms in total. The number of carbonyl (C=O) groups excluding carboxylic acids is 1. The molecular formula is C17H16N2O4. The van der Waals surface area contributed by atoms with Crippen molar-refractivity contribution in [2.45, 2.75) is 19.0 Å². The first-order chi connectivity index (χ1) is 11.1. The molecule has 0 radical (unpaired) electrons. The summed E-state index contributed by atoms with van der Waals surface area (Å²) in [5.41, 5.74) is 3.06. The molecule has 1 unspecified atom stereocenters. The lowest BCUT2D eigenvalue weighted by molar-refractivity contribution is -0.384. The van der Waals surface area contributed by atoms with Gasteiger partial charge < -0.3 is 9.64 Å². The molecule has 1 atom stereocenters. The lowest BCUT2D eigenvalue weighted by atomic mass is 9.93. The molecule has 118 valence electrons. The van der Waals surface area contributed by atoms with Crippen molar-refractivity contribution in [3.63, 3.8) is 0 Å². The summed E-state index contributed by atoms with van der Waals surface area (Å²) < 4.78 is 4.93. The standard InChI is InChI=1S/C17H16N2O4/c1-23-17(20)16-10-12-4-2-3-5-13(12)11-18(16)14-6-8-15(9-7-14)19(21)22/h2-9,16H,10-11H2,1H3. The fourth-order valence-corrected chi connectivity index (χ4v) is 2.91. The summed E-state index contributed by atoms with van der Waals surface area (Å²) in [5.74, 6) is -0.308. The van der Waals surface area contributed by atoms with Gasteiger partial charge in [-0.15, -0.1) is 0 Å². The number of benzene rings is 2. The minimum atomic E-state index is -0.437. The number of fused-ring (bicyclic) bond motifs is 1. The van der Waals surface area contributed by atoms with Crippen molar-refractivity contribution in [3.05, 3.63) is 69.8 Å². The Hall–Kier alpha value is -2.89. The minimum Gasteiger partial charge on any atom is -0.467 e. The average molecular weight is 312 g/mol. The Balaban J connectivity index is 1.97. The van der Waals surface area contributed by atoms with Gasteiger partial charge in [-0.3, -0.25) is 10.1 Å². The molecule has 0 aliphatic carbocycles. The van der Waals surface area contributed by atoms with E-state index in [0.29, 0.717) is 13.0 Å². The summed E-state index contributed by atoms with van der Waals surface area (Å²) in [5, 5.41) is 10.8. The Morgan fingerprint density at radius 3 is 2.43 bits per heavy atom. The number of anilines is 1. The van der Waals surface area contributed by atoms with Crippen LogP contribution in [0, 0.1) is 10.1 Å². The predicted molar refractivity (Wildman–Crippen MR) is 85.2 cm³/mol. The van der Waals surface area contributed by atoms with Gasteiger partial charge in [0.05, 0.1) is 12.0 Å².